The maximum atomic E-state index is 10.9. The highest BCUT2D eigenvalue weighted by molar-refractivity contribution is 5.24. The lowest BCUT2D eigenvalue weighted by Gasteiger charge is -2.30. The highest BCUT2D eigenvalue weighted by Crippen LogP contribution is 2.31. The molecule has 21 heavy (non-hydrogen) atoms. The number of rotatable bonds is 7. The lowest BCUT2D eigenvalue weighted by molar-refractivity contribution is -0.0127. The second-order valence-corrected chi connectivity index (χ2v) is 5.44. The van der Waals surface area contributed by atoms with Gasteiger partial charge in [-0.05, 0) is 24.0 Å². The molecule has 0 heterocycles. The molecule has 2 atom stereocenters. The molecular weight excluding hydrogens is 260 g/mol. The molecule has 0 saturated carbocycles. The summed E-state index contributed by atoms with van der Waals surface area (Å²) in [5.74, 6) is 0. The first-order valence-electron chi connectivity index (χ1n) is 7.25. The van der Waals surface area contributed by atoms with Gasteiger partial charge < -0.3 is 10.2 Å². The van der Waals surface area contributed by atoms with E-state index in [1.807, 2.05) is 60.7 Å². The maximum absolute atomic E-state index is 10.9. The van der Waals surface area contributed by atoms with Gasteiger partial charge in [0, 0.05) is 6.42 Å². The van der Waals surface area contributed by atoms with Gasteiger partial charge in [0.1, 0.15) is 0 Å². The van der Waals surface area contributed by atoms with Crippen molar-refractivity contribution in [3.63, 3.8) is 0 Å². The van der Waals surface area contributed by atoms with E-state index in [1.54, 1.807) is 6.08 Å². The van der Waals surface area contributed by atoms with Gasteiger partial charge in [-0.3, -0.25) is 0 Å². The summed E-state index contributed by atoms with van der Waals surface area (Å²) in [6, 6.07) is 19.3. The number of hydrogen-bond acceptors (Lipinski definition) is 2. The van der Waals surface area contributed by atoms with Crippen molar-refractivity contribution in [2.24, 2.45) is 0 Å². The van der Waals surface area contributed by atoms with Crippen molar-refractivity contribution >= 4 is 0 Å². The van der Waals surface area contributed by atoms with Crippen molar-refractivity contribution in [3.8, 4) is 0 Å². The maximum Gasteiger partial charge on any atom is 0.0955 e. The van der Waals surface area contributed by atoms with Gasteiger partial charge in [-0.15, -0.1) is 6.58 Å². The molecule has 0 bridgehead atoms. The van der Waals surface area contributed by atoms with Crippen LogP contribution in [0.2, 0.25) is 0 Å². The fourth-order valence-corrected chi connectivity index (χ4v) is 2.65. The lowest BCUT2D eigenvalue weighted by atomic mass is 9.84. The molecule has 0 aliphatic carbocycles. The van der Waals surface area contributed by atoms with Gasteiger partial charge in [-0.25, -0.2) is 0 Å². The Bertz CT molecular complexity index is 550. The average Bonchev–Trinajstić information content (AvgIpc) is 2.49. The topological polar surface area (TPSA) is 40.5 Å². The number of aliphatic hydroxyl groups is 2. The van der Waals surface area contributed by atoms with E-state index in [9.17, 15) is 10.2 Å². The van der Waals surface area contributed by atoms with Gasteiger partial charge in [0.05, 0.1) is 11.7 Å². The Balaban J connectivity index is 2.10. The van der Waals surface area contributed by atoms with E-state index in [0.29, 0.717) is 12.8 Å². The normalized spacial score (nSPS) is 15.1. The van der Waals surface area contributed by atoms with Crippen LogP contribution in [0.15, 0.2) is 73.3 Å². The first-order chi connectivity index (χ1) is 10.1. The summed E-state index contributed by atoms with van der Waals surface area (Å²) in [5.41, 5.74) is 0.813. The lowest BCUT2D eigenvalue weighted by Crippen LogP contribution is -2.31. The standard InChI is InChI=1S/C19H22O2/c1-2-13-19(21,17-11-7-4-8-12-17)15-18(20)14-16-9-5-3-6-10-16/h2-12,18,20-21H,1,13-15H2/t18-,19-/m0/s1. The Morgan fingerprint density at radius 2 is 1.57 bits per heavy atom. The minimum atomic E-state index is -1.07. The first kappa shape index (κ1) is 15.5. The third-order valence-electron chi connectivity index (χ3n) is 3.68. The Hall–Kier alpha value is -1.90. The Labute approximate surface area is 126 Å². The molecule has 0 saturated heterocycles. The van der Waals surface area contributed by atoms with Crippen LogP contribution in [0, 0.1) is 0 Å². The second kappa shape index (κ2) is 7.21. The molecule has 0 spiro atoms. The summed E-state index contributed by atoms with van der Waals surface area (Å²) in [4.78, 5) is 0. The highest BCUT2D eigenvalue weighted by atomic mass is 16.3. The van der Waals surface area contributed by atoms with Crippen LogP contribution in [0.4, 0.5) is 0 Å². The SMILES string of the molecule is C=CC[C@](O)(C[C@@H](O)Cc1ccccc1)c1ccccc1. The molecule has 110 valence electrons. The second-order valence-electron chi connectivity index (χ2n) is 5.44. The molecule has 0 aliphatic rings. The van der Waals surface area contributed by atoms with E-state index in [-0.39, 0.29) is 6.42 Å². The minimum absolute atomic E-state index is 0.290. The van der Waals surface area contributed by atoms with Crippen molar-refractivity contribution in [1.29, 1.82) is 0 Å². The molecule has 2 N–H and O–H groups in total. The van der Waals surface area contributed by atoms with Crippen LogP contribution in [-0.2, 0) is 12.0 Å². The van der Waals surface area contributed by atoms with Gasteiger partial charge in [-0.1, -0.05) is 66.7 Å². The van der Waals surface area contributed by atoms with E-state index < -0.39 is 11.7 Å². The molecule has 2 nitrogen and oxygen atoms in total. The van der Waals surface area contributed by atoms with E-state index >= 15 is 0 Å². The van der Waals surface area contributed by atoms with Crippen molar-refractivity contribution < 1.29 is 10.2 Å². The zero-order valence-corrected chi connectivity index (χ0v) is 12.2. The molecule has 2 heteroatoms. The van der Waals surface area contributed by atoms with E-state index in [0.717, 1.165) is 11.1 Å². The molecule has 0 radical (unpaired) electrons. The van der Waals surface area contributed by atoms with Crippen molar-refractivity contribution in [2.75, 3.05) is 0 Å². The Kier molecular flexibility index (Phi) is 5.32. The quantitative estimate of drug-likeness (QED) is 0.764. The number of benzene rings is 2. The van der Waals surface area contributed by atoms with Gasteiger partial charge >= 0.3 is 0 Å². The zero-order chi connectivity index (χ0) is 15.1. The monoisotopic (exact) mass is 282 g/mol. The van der Waals surface area contributed by atoms with E-state index in [2.05, 4.69) is 6.58 Å². The number of hydrogen-bond donors (Lipinski definition) is 2. The predicted octanol–water partition coefficient (Wildman–Crippen LogP) is 3.44. The van der Waals surface area contributed by atoms with Crippen LogP contribution in [0.3, 0.4) is 0 Å². The Morgan fingerprint density at radius 1 is 1.00 bits per heavy atom. The largest absolute Gasteiger partial charge is 0.393 e. The van der Waals surface area contributed by atoms with Crippen LogP contribution in [0.5, 0.6) is 0 Å². The third kappa shape index (κ3) is 4.28. The molecule has 0 unspecified atom stereocenters. The fraction of sp³-hybridized carbons (Fsp3) is 0.263. The molecule has 0 fully saturated rings. The summed E-state index contributed by atoms with van der Waals surface area (Å²) in [7, 11) is 0. The van der Waals surface area contributed by atoms with Gasteiger partial charge in [-0.2, -0.15) is 0 Å². The predicted molar refractivity (Wildman–Crippen MR) is 85.9 cm³/mol. The van der Waals surface area contributed by atoms with Crippen LogP contribution < -0.4 is 0 Å². The Morgan fingerprint density at radius 3 is 2.14 bits per heavy atom. The third-order valence-corrected chi connectivity index (χ3v) is 3.68. The summed E-state index contributed by atoms with van der Waals surface area (Å²) >= 11 is 0. The molecule has 2 aromatic rings. The highest BCUT2D eigenvalue weighted by Gasteiger charge is 2.30. The summed E-state index contributed by atoms with van der Waals surface area (Å²) in [5, 5.41) is 21.2. The average molecular weight is 282 g/mol. The van der Waals surface area contributed by atoms with Crippen molar-refractivity contribution in [1.82, 2.24) is 0 Å². The summed E-state index contributed by atoms with van der Waals surface area (Å²) in [6.07, 6.45) is 2.34. The van der Waals surface area contributed by atoms with Crippen LogP contribution in [-0.4, -0.2) is 16.3 Å². The van der Waals surface area contributed by atoms with Crippen molar-refractivity contribution in [2.45, 2.75) is 31.0 Å². The molecule has 0 amide bonds. The smallest absolute Gasteiger partial charge is 0.0955 e. The van der Waals surface area contributed by atoms with E-state index in [4.69, 9.17) is 0 Å². The molecule has 0 aliphatic heterocycles. The summed E-state index contributed by atoms with van der Waals surface area (Å²) < 4.78 is 0. The first-order valence-corrected chi connectivity index (χ1v) is 7.25. The minimum Gasteiger partial charge on any atom is -0.393 e. The van der Waals surface area contributed by atoms with E-state index in [1.165, 1.54) is 0 Å². The van der Waals surface area contributed by atoms with Crippen LogP contribution in [0.25, 0.3) is 0 Å². The molecule has 2 rings (SSSR count). The zero-order valence-electron chi connectivity index (χ0n) is 12.2. The molecular formula is C19H22O2. The van der Waals surface area contributed by atoms with Crippen LogP contribution >= 0.6 is 0 Å². The van der Waals surface area contributed by atoms with Gasteiger partial charge in [0.25, 0.3) is 0 Å². The van der Waals surface area contributed by atoms with Crippen LogP contribution in [0.1, 0.15) is 24.0 Å². The molecule has 2 aromatic carbocycles. The van der Waals surface area contributed by atoms with Crippen molar-refractivity contribution in [3.05, 3.63) is 84.4 Å². The van der Waals surface area contributed by atoms with Gasteiger partial charge in [0.2, 0.25) is 0 Å². The summed E-state index contributed by atoms with van der Waals surface area (Å²) in [6.45, 7) is 3.72. The van der Waals surface area contributed by atoms with Gasteiger partial charge in [0.15, 0.2) is 0 Å². The fourth-order valence-electron chi connectivity index (χ4n) is 2.65. The molecule has 0 aromatic heterocycles. The number of aliphatic hydroxyl groups excluding tert-OH is 1.